The number of benzene rings is 2. The first-order chi connectivity index (χ1) is 23.2. The van der Waals surface area contributed by atoms with Crippen LogP contribution in [-0.4, -0.2) is 73.3 Å². The largest absolute Gasteiger partial charge is 0.382 e. The van der Waals surface area contributed by atoms with Gasteiger partial charge in [-0.2, -0.15) is 5.10 Å². The number of halogens is 3. The van der Waals surface area contributed by atoms with E-state index < -0.39 is 17.2 Å². The van der Waals surface area contributed by atoms with Crippen LogP contribution in [0.5, 0.6) is 0 Å². The van der Waals surface area contributed by atoms with Gasteiger partial charge in [-0.05, 0) is 74.7 Å². The van der Waals surface area contributed by atoms with Gasteiger partial charge in [0.2, 0.25) is 0 Å². The van der Waals surface area contributed by atoms with Crippen LogP contribution in [0.15, 0.2) is 73.3 Å². The number of aromatic nitrogens is 3. The quantitative estimate of drug-likeness (QED) is 0.232. The van der Waals surface area contributed by atoms with Gasteiger partial charge in [-0.1, -0.05) is 6.07 Å². The second-order valence-corrected chi connectivity index (χ2v) is 12.8. The molecule has 13 heteroatoms. The van der Waals surface area contributed by atoms with Crippen LogP contribution in [0.2, 0.25) is 0 Å². The molecule has 1 unspecified atom stereocenters. The van der Waals surface area contributed by atoms with Crippen molar-refractivity contribution in [1.82, 2.24) is 40.5 Å². The maximum Gasteiger partial charge on any atom is 0.256 e. The third-order valence-electron chi connectivity index (χ3n) is 9.52. The zero-order chi connectivity index (χ0) is 33.4. The number of piperidine rings is 1. The smallest absolute Gasteiger partial charge is 0.256 e. The van der Waals surface area contributed by atoms with E-state index in [0.717, 1.165) is 47.7 Å². The van der Waals surface area contributed by atoms with Crippen molar-refractivity contribution in [3.8, 4) is 22.4 Å². The van der Waals surface area contributed by atoms with E-state index in [-0.39, 0.29) is 30.4 Å². The van der Waals surface area contributed by atoms with Crippen molar-refractivity contribution in [2.24, 2.45) is 13.0 Å². The van der Waals surface area contributed by atoms with Crippen LogP contribution in [0.1, 0.15) is 40.9 Å². The third kappa shape index (κ3) is 6.40. The molecule has 4 aromatic rings. The predicted octanol–water partition coefficient (Wildman–Crippen LogP) is 4.31. The number of carbonyl (C=O) groups is 1. The number of rotatable bonds is 10. The molecule has 0 aliphatic carbocycles. The van der Waals surface area contributed by atoms with Crippen molar-refractivity contribution in [3.05, 3.63) is 108 Å². The number of hydrazine groups is 2. The fourth-order valence-electron chi connectivity index (χ4n) is 7.07. The fraction of sp³-hybridized carbons (Fsp3) is 0.343. The first-order valence-electron chi connectivity index (χ1n) is 16.1. The van der Waals surface area contributed by atoms with Crippen molar-refractivity contribution < 1.29 is 23.1 Å². The maximum absolute atomic E-state index is 14.9. The molecule has 3 aliphatic heterocycles. The van der Waals surface area contributed by atoms with E-state index in [2.05, 4.69) is 25.9 Å². The molecule has 1 atom stereocenters. The standard InChI is InChI=1S/C35H37F3N8O2/c1-43-19-28(33(41-43)24-2-4-25(36)5-3-24)27-8-12-39-31-20-45(34(47)32(27)31)16-11-23-9-14-44(15-10-23)21-35(48,22-46-17-13-40-42-46)29-7-6-26(37)18-30(29)38/h2-8,12-13,17-19,23,40,42,48H,9-11,14-16,20-22H2,1H3. The molecule has 250 valence electrons. The number of β-amino-alcohol motifs (C(OH)–C–C–N with tert-alkyl or cyclic N) is 1. The lowest BCUT2D eigenvalue weighted by Crippen LogP contribution is -2.52. The maximum atomic E-state index is 14.9. The van der Waals surface area contributed by atoms with Crippen LogP contribution in [0, 0.1) is 23.4 Å². The highest BCUT2D eigenvalue weighted by molar-refractivity contribution is 6.05. The Hall–Kier alpha value is -4.72. The summed E-state index contributed by atoms with van der Waals surface area (Å²) >= 11 is 0. The van der Waals surface area contributed by atoms with Gasteiger partial charge in [-0.3, -0.25) is 19.5 Å². The van der Waals surface area contributed by atoms with Gasteiger partial charge in [0.15, 0.2) is 0 Å². The van der Waals surface area contributed by atoms with Crippen LogP contribution in [0.4, 0.5) is 13.2 Å². The molecule has 3 aliphatic rings. The number of hydrogen-bond acceptors (Lipinski definition) is 8. The molecule has 48 heavy (non-hydrogen) atoms. The fourth-order valence-corrected chi connectivity index (χ4v) is 7.07. The van der Waals surface area contributed by atoms with Crippen molar-refractivity contribution in [3.63, 3.8) is 0 Å². The Labute approximate surface area is 276 Å². The van der Waals surface area contributed by atoms with Gasteiger partial charge >= 0.3 is 0 Å². The number of hydrogen-bond donors (Lipinski definition) is 3. The SMILES string of the molecule is Cn1cc(-c2ccnc3c2C(=O)N(CCC2CCN(CC(O)(CN4C=CNN4)c4ccc(F)cc4F)CC2)C3)c(-c2ccc(F)cc2)n1. The minimum atomic E-state index is -1.60. The molecule has 10 nitrogen and oxygen atoms in total. The van der Waals surface area contributed by atoms with E-state index in [1.807, 2.05) is 24.2 Å². The average molecular weight is 659 g/mol. The van der Waals surface area contributed by atoms with Crippen LogP contribution < -0.4 is 11.0 Å². The molecule has 2 aromatic heterocycles. The van der Waals surface area contributed by atoms with Crippen molar-refractivity contribution in [1.29, 1.82) is 0 Å². The number of nitrogens with one attached hydrogen (secondary N) is 2. The summed E-state index contributed by atoms with van der Waals surface area (Å²) in [7, 11) is 1.82. The van der Waals surface area contributed by atoms with Crippen LogP contribution in [0.3, 0.4) is 0 Å². The average Bonchev–Trinajstić information content (AvgIpc) is 3.80. The summed E-state index contributed by atoms with van der Waals surface area (Å²) in [6.45, 7) is 2.64. The first-order valence-corrected chi connectivity index (χ1v) is 16.1. The van der Waals surface area contributed by atoms with E-state index >= 15 is 0 Å². The third-order valence-corrected chi connectivity index (χ3v) is 9.52. The number of fused-ring (bicyclic) bond motifs is 1. The summed E-state index contributed by atoms with van der Waals surface area (Å²) in [5.74, 6) is -1.50. The molecule has 1 fully saturated rings. The first kappa shape index (κ1) is 31.9. The highest BCUT2D eigenvalue weighted by atomic mass is 19.1. The molecule has 0 saturated carbocycles. The van der Waals surface area contributed by atoms with E-state index in [9.17, 15) is 23.1 Å². The number of aryl methyl sites for hydroxylation is 1. The number of likely N-dealkylation sites (tertiary alicyclic amines) is 1. The van der Waals surface area contributed by atoms with Crippen molar-refractivity contribution in [2.75, 3.05) is 32.7 Å². The highest BCUT2D eigenvalue weighted by Gasteiger charge is 2.38. The number of aliphatic hydroxyl groups is 1. The molecule has 5 heterocycles. The lowest BCUT2D eigenvalue weighted by molar-refractivity contribution is -0.0381. The number of amides is 1. The topological polar surface area (TPSA) is 102 Å². The summed E-state index contributed by atoms with van der Waals surface area (Å²) in [5.41, 5.74) is 8.43. The van der Waals surface area contributed by atoms with Gasteiger partial charge in [-0.25, -0.2) is 13.2 Å². The minimum absolute atomic E-state index is 0.0456. The van der Waals surface area contributed by atoms with E-state index in [1.54, 1.807) is 40.4 Å². The summed E-state index contributed by atoms with van der Waals surface area (Å²) in [4.78, 5) is 22.3. The van der Waals surface area contributed by atoms with Crippen molar-refractivity contribution >= 4 is 5.91 Å². The minimum Gasteiger partial charge on any atom is -0.382 e. The summed E-state index contributed by atoms with van der Waals surface area (Å²) < 4.78 is 43.9. The van der Waals surface area contributed by atoms with E-state index in [1.165, 1.54) is 24.3 Å². The molecular formula is C35H37F3N8O2. The van der Waals surface area contributed by atoms with Crippen LogP contribution >= 0.6 is 0 Å². The molecule has 1 saturated heterocycles. The van der Waals surface area contributed by atoms with Gasteiger partial charge < -0.3 is 20.3 Å². The van der Waals surface area contributed by atoms with Crippen LogP contribution in [-0.2, 0) is 19.2 Å². The van der Waals surface area contributed by atoms with Gasteiger partial charge in [0, 0.05) is 73.3 Å². The molecule has 2 aromatic carbocycles. The summed E-state index contributed by atoms with van der Waals surface area (Å²) in [6.07, 6.45) is 9.50. The van der Waals surface area contributed by atoms with Gasteiger partial charge in [0.25, 0.3) is 5.91 Å². The number of nitrogens with zero attached hydrogens (tertiary/aromatic N) is 6. The second kappa shape index (κ2) is 13.1. The zero-order valence-corrected chi connectivity index (χ0v) is 26.5. The molecular weight excluding hydrogens is 621 g/mol. The number of pyridine rings is 1. The number of carbonyl (C=O) groups excluding carboxylic acids is 1. The van der Waals surface area contributed by atoms with Gasteiger partial charge in [0.05, 0.1) is 24.3 Å². The normalized spacial score (nSPS) is 18.0. The molecule has 0 radical (unpaired) electrons. The monoisotopic (exact) mass is 658 g/mol. The van der Waals surface area contributed by atoms with Crippen molar-refractivity contribution in [2.45, 2.75) is 31.4 Å². The second-order valence-electron chi connectivity index (χ2n) is 12.8. The Morgan fingerprint density at radius 1 is 1.00 bits per heavy atom. The summed E-state index contributed by atoms with van der Waals surface area (Å²) in [6, 6.07) is 11.3. The van der Waals surface area contributed by atoms with E-state index in [4.69, 9.17) is 0 Å². The van der Waals surface area contributed by atoms with E-state index in [0.29, 0.717) is 43.4 Å². The Kier molecular flexibility index (Phi) is 8.67. The molecule has 7 rings (SSSR count). The Morgan fingerprint density at radius 2 is 1.77 bits per heavy atom. The lowest BCUT2D eigenvalue weighted by Gasteiger charge is -2.40. The Morgan fingerprint density at radius 3 is 2.50 bits per heavy atom. The molecule has 0 bridgehead atoms. The molecule has 1 amide bonds. The molecule has 3 N–H and O–H groups in total. The summed E-state index contributed by atoms with van der Waals surface area (Å²) in [5, 5.41) is 18.0. The Balaban J connectivity index is 0.993. The zero-order valence-electron chi connectivity index (χ0n) is 26.5. The van der Waals surface area contributed by atoms with Crippen LogP contribution in [0.25, 0.3) is 22.4 Å². The Bertz CT molecular complexity index is 1840. The lowest BCUT2D eigenvalue weighted by atomic mass is 9.89. The van der Waals surface area contributed by atoms with Gasteiger partial charge in [0.1, 0.15) is 28.7 Å². The highest BCUT2D eigenvalue weighted by Crippen LogP contribution is 2.37. The molecule has 0 spiro atoms. The predicted molar refractivity (Wildman–Crippen MR) is 173 cm³/mol. The van der Waals surface area contributed by atoms with Gasteiger partial charge in [-0.15, -0.1) is 5.53 Å².